The van der Waals surface area contributed by atoms with Crippen molar-refractivity contribution < 1.29 is 0 Å². The zero-order valence-corrected chi connectivity index (χ0v) is 27.1. The van der Waals surface area contributed by atoms with E-state index in [4.69, 9.17) is 4.98 Å². The number of benzene rings is 6. The van der Waals surface area contributed by atoms with Gasteiger partial charge in [0.2, 0.25) is 0 Å². The largest absolute Gasteiger partial charge is 0.315 e. The van der Waals surface area contributed by atoms with Crippen LogP contribution in [-0.2, 0) is 0 Å². The summed E-state index contributed by atoms with van der Waals surface area (Å²) < 4.78 is 2.53. The minimum atomic E-state index is 0.128. The van der Waals surface area contributed by atoms with Crippen molar-refractivity contribution in [2.45, 2.75) is 24.8 Å². The molecular formula is C47H34N2. The number of fused-ring (bicyclic) bond motifs is 8. The fourth-order valence-electron chi connectivity index (χ4n) is 8.12. The minimum absolute atomic E-state index is 0.128. The van der Waals surface area contributed by atoms with E-state index in [1.54, 1.807) is 0 Å². The zero-order chi connectivity index (χ0) is 32.3. The Morgan fingerprint density at radius 3 is 2.04 bits per heavy atom. The van der Waals surface area contributed by atoms with Crippen molar-refractivity contribution in [1.29, 1.82) is 0 Å². The van der Waals surface area contributed by atoms with Gasteiger partial charge in [-0.1, -0.05) is 152 Å². The fraction of sp³-hybridized carbons (Fsp3) is 0.0851. The lowest BCUT2D eigenvalue weighted by Crippen LogP contribution is -2.26. The molecule has 6 aromatic carbocycles. The summed E-state index contributed by atoms with van der Waals surface area (Å²) in [4.78, 5) is 5.63. The van der Waals surface area contributed by atoms with Gasteiger partial charge in [0.1, 0.15) is 5.82 Å². The van der Waals surface area contributed by atoms with E-state index in [1.165, 1.54) is 65.8 Å². The molecule has 0 fully saturated rings. The fourth-order valence-corrected chi connectivity index (χ4v) is 8.12. The summed E-state index contributed by atoms with van der Waals surface area (Å²) in [5.74, 6) is 1.25. The average molecular weight is 627 g/mol. The smallest absolute Gasteiger partial charge is 0.142 e. The van der Waals surface area contributed by atoms with E-state index < -0.39 is 0 Å². The summed E-state index contributed by atoms with van der Waals surface area (Å²) in [7, 11) is 0. The van der Waals surface area contributed by atoms with Crippen molar-refractivity contribution >= 4 is 22.9 Å². The summed E-state index contributed by atoms with van der Waals surface area (Å²) in [5.41, 5.74) is 12.0. The Labute approximate surface area is 286 Å². The molecule has 2 heterocycles. The number of nitrogens with zero attached hydrogens (tertiary/aromatic N) is 2. The Kier molecular flexibility index (Phi) is 6.48. The number of aromatic nitrogens is 2. The molecule has 3 aliphatic rings. The van der Waals surface area contributed by atoms with Crippen LogP contribution < -0.4 is 10.4 Å². The molecule has 10 rings (SSSR count). The summed E-state index contributed by atoms with van der Waals surface area (Å²) in [6, 6.07) is 49.1. The normalized spacial score (nSPS) is 17.0. The third kappa shape index (κ3) is 4.67. The molecule has 232 valence electrons. The first kappa shape index (κ1) is 28.1. The molecule has 0 saturated carbocycles. The van der Waals surface area contributed by atoms with E-state index >= 15 is 0 Å². The second-order valence-corrected chi connectivity index (χ2v) is 13.4. The topological polar surface area (TPSA) is 17.8 Å². The summed E-state index contributed by atoms with van der Waals surface area (Å²) in [5, 5.41) is 5.11. The van der Waals surface area contributed by atoms with Gasteiger partial charge in [-0.3, -0.25) is 0 Å². The van der Waals surface area contributed by atoms with Gasteiger partial charge in [-0.2, -0.15) is 0 Å². The monoisotopic (exact) mass is 626 g/mol. The van der Waals surface area contributed by atoms with Crippen LogP contribution in [0.5, 0.6) is 0 Å². The van der Waals surface area contributed by atoms with Crippen LogP contribution in [0, 0.1) is 0 Å². The summed E-state index contributed by atoms with van der Waals surface area (Å²) in [6.07, 6.45) is 16.0. The number of hydrogen-bond donors (Lipinski definition) is 0. The van der Waals surface area contributed by atoms with Crippen LogP contribution in [0.3, 0.4) is 0 Å². The molecule has 0 saturated heterocycles. The first-order valence-corrected chi connectivity index (χ1v) is 17.4. The molecule has 2 aliphatic carbocycles. The van der Waals surface area contributed by atoms with Crippen molar-refractivity contribution in [2.24, 2.45) is 0 Å². The maximum atomic E-state index is 5.63. The Morgan fingerprint density at radius 2 is 1.18 bits per heavy atom. The van der Waals surface area contributed by atoms with Crippen molar-refractivity contribution in [3.8, 4) is 56.2 Å². The molecule has 0 amide bonds. The number of allylic oxidation sites excluding steroid dienone is 4. The van der Waals surface area contributed by atoms with Crippen molar-refractivity contribution in [1.82, 2.24) is 9.55 Å². The van der Waals surface area contributed by atoms with Crippen molar-refractivity contribution in [3.63, 3.8) is 0 Å². The second kappa shape index (κ2) is 11.3. The maximum Gasteiger partial charge on any atom is 0.142 e. The zero-order valence-electron chi connectivity index (χ0n) is 27.1. The van der Waals surface area contributed by atoms with Gasteiger partial charge in [-0.25, -0.2) is 4.98 Å². The number of hydrogen-bond acceptors (Lipinski definition) is 1. The molecule has 2 heteroatoms. The Bertz CT molecular complexity index is 2600. The highest BCUT2D eigenvalue weighted by Gasteiger charge is 2.36. The van der Waals surface area contributed by atoms with Gasteiger partial charge in [0, 0.05) is 22.6 Å². The highest BCUT2D eigenvalue weighted by molar-refractivity contribution is 5.91. The van der Waals surface area contributed by atoms with Crippen LogP contribution >= 0.6 is 0 Å². The van der Waals surface area contributed by atoms with Gasteiger partial charge in [0.15, 0.2) is 0 Å². The first-order valence-electron chi connectivity index (χ1n) is 17.4. The molecule has 0 radical (unpaired) electrons. The quantitative estimate of drug-likeness (QED) is 0.190. The van der Waals surface area contributed by atoms with Crippen LogP contribution in [0.25, 0.3) is 79.1 Å². The molecule has 7 aromatic rings. The van der Waals surface area contributed by atoms with E-state index in [0.717, 1.165) is 29.9 Å². The molecule has 2 unspecified atom stereocenters. The molecule has 49 heavy (non-hydrogen) atoms. The Morgan fingerprint density at radius 1 is 0.510 bits per heavy atom. The molecule has 1 aromatic heterocycles. The predicted molar refractivity (Wildman–Crippen MR) is 204 cm³/mol. The molecular weight excluding hydrogens is 593 g/mol. The highest BCUT2D eigenvalue weighted by Crippen LogP contribution is 2.50. The van der Waals surface area contributed by atoms with E-state index in [1.807, 2.05) is 0 Å². The molecule has 0 bridgehead atoms. The van der Waals surface area contributed by atoms with E-state index in [0.29, 0.717) is 0 Å². The number of rotatable bonds is 4. The van der Waals surface area contributed by atoms with E-state index in [2.05, 4.69) is 174 Å². The van der Waals surface area contributed by atoms with Crippen LogP contribution in [0.4, 0.5) is 0 Å². The Hall–Kier alpha value is -5.99. The molecule has 1 aliphatic heterocycles. The Balaban J connectivity index is 1.20. The third-order valence-corrected chi connectivity index (χ3v) is 10.6. The maximum absolute atomic E-state index is 5.63. The van der Waals surface area contributed by atoms with E-state index in [9.17, 15) is 0 Å². The molecule has 0 spiro atoms. The lowest BCUT2D eigenvalue weighted by Gasteiger charge is -2.35. The number of imidazole rings is 1. The molecule has 2 nitrogen and oxygen atoms in total. The highest BCUT2D eigenvalue weighted by atomic mass is 15.1. The third-order valence-electron chi connectivity index (χ3n) is 10.6. The van der Waals surface area contributed by atoms with Crippen LogP contribution in [0.15, 0.2) is 158 Å². The minimum Gasteiger partial charge on any atom is -0.315 e. The van der Waals surface area contributed by atoms with Crippen molar-refractivity contribution in [2.75, 3.05) is 0 Å². The molecule has 0 N–H and O–H groups in total. The molecule has 2 atom stereocenters. The van der Waals surface area contributed by atoms with E-state index in [-0.39, 0.29) is 12.0 Å². The van der Waals surface area contributed by atoms with Gasteiger partial charge in [0.05, 0.1) is 17.4 Å². The average Bonchev–Trinajstić information content (AvgIpc) is 3.59. The first-order chi connectivity index (χ1) is 24.3. The lowest BCUT2D eigenvalue weighted by molar-refractivity contribution is 0.540. The van der Waals surface area contributed by atoms with Crippen LogP contribution in [-0.4, -0.2) is 9.55 Å². The van der Waals surface area contributed by atoms with Crippen molar-refractivity contribution in [3.05, 3.63) is 174 Å². The van der Waals surface area contributed by atoms with Crippen LogP contribution in [0.2, 0.25) is 0 Å². The SMILES string of the molecule is C1=CC2c3ccc(-c4ccc(-c5ccccc5)cc4)cc3-c3nc(-c4ccc5c(c4)=CCCC=5)c(-c4ccc5ccccc5c4)n3C2C=C1. The summed E-state index contributed by atoms with van der Waals surface area (Å²) in [6.45, 7) is 0. The lowest BCUT2D eigenvalue weighted by atomic mass is 9.81. The van der Waals surface area contributed by atoms with Gasteiger partial charge in [-0.15, -0.1) is 0 Å². The van der Waals surface area contributed by atoms with Gasteiger partial charge in [0.25, 0.3) is 0 Å². The van der Waals surface area contributed by atoms with Crippen LogP contribution in [0.1, 0.15) is 30.4 Å². The van der Waals surface area contributed by atoms with Gasteiger partial charge < -0.3 is 4.57 Å². The van der Waals surface area contributed by atoms with Gasteiger partial charge >= 0.3 is 0 Å². The standard InChI is InChI=1S/C47H34N2/c1-2-10-31(11-3-1)34-18-20-35(21-19-34)38-26-27-41-42-16-8-9-17-44(42)49-46(40-25-23-33-13-5-7-15-37(33)29-40)45(48-47(49)43(41)30-38)39-24-22-32-12-4-6-14-36(32)28-39/h1-3,5,7-30,42,44H,4,6H2. The predicted octanol–water partition coefficient (Wildman–Crippen LogP) is 10.5. The second-order valence-electron chi connectivity index (χ2n) is 13.4. The van der Waals surface area contributed by atoms with Gasteiger partial charge in [-0.05, 0) is 80.1 Å². The summed E-state index contributed by atoms with van der Waals surface area (Å²) >= 11 is 0.